The molecule has 11 nitrogen and oxygen atoms in total. The number of carbonyl (C=O) groups excluding carboxylic acids is 2. The largest absolute Gasteiger partial charge is 0.493 e. The first-order valence-electron chi connectivity index (χ1n) is 18.8. The number of hydrogen-bond acceptors (Lipinski definition) is 9. The van der Waals surface area contributed by atoms with E-state index in [0.717, 1.165) is 40.9 Å². The Morgan fingerprint density at radius 2 is 1.33 bits per heavy atom. The SMILES string of the molecule is CC.CCN.COc1cc2c(cc1OCCCOc1cc3c(cc1C)C(=O)N1C=C(c4ccccc4)C[C@H]1C=N3)N=C[C@@H]1CC(c3ccccc3)=NN1C2=O. The summed E-state index contributed by atoms with van der Waals surface area (Å²) in [4.78, 5) is 38.3. The van der Waals surface area contributed by atoms with Gasteiger partial charge in [-0.15, -0.1) is 0 Å². The number of benzene rings is 4. The quantitative estimate of drug-likeness (QED) is 0.172. The van der Waals surface area contributed by atoms with Gasteiger partial charge in [-0.2, -0.15) is 5.10 Å². The zero-order valence-corrected chi connectivity index (χ0v) is 32.1. The first kappa shape index (κ1) is 38.6. The standard InChI is InChI=1S/C40H35N5O5.C2H7N.C2H6/c1-25-16-31-34(41-22-29-17-28(24-44(29)39(31)46)26-10-5-3-6-11-26)20-36(25)49-14-9-15-50-38-21-35-32(19-37(38)48-2)40(47)45-30(23-42-35)18-33(43-45)27-12-7-4-8-13-27;1-2-3;1-2/h3-8,10-13,16,19-24,29-30H,9,14-15,17-18H2,1-2H3;2-3H2,1H3;1-2H3/t29-,30-;;/m0../s1. The van der Waals surface area contributed by atoms with Crippen LogP contribution in [0.5, 0.6) is 17.2 Å². The van der Waals surface area contributed by atoms with Crippen molar-refractivity contribution in [3.63, 3.8) is 0 Å². The summed E-state index contributed by atoms with van der Waals surface area (Å²) in [6, 6.07) is 26.7. The summed E-state index contributed by atoms with van der Waals surface area (Å²) in [5.74, 6) is 1.30. The number of fused-ring (bicyclic) bond motifs is 4. The van der Waals surface area contributed by atoms with Crippen molar-refractivity contribution in [1.29, 1.82) is 0 Å². The van der Waals surface area contributed by atoms with Crippen LogP contribution in [0.15, 0.2) is 106 Å². The molecule has 2 N–H and O–H groups in total. The molecule has 0 fully saturated rings. The van der Waals surface area contributed by atoms with Crippen molar-refractivity contribution in [2.75, 3.05) is 26.9 Å². The molecule has 55 heavy (non-hydrogen) atoms. The Balaban J connectivity index is 0.000000982. The van der Waals surface area contributed by atoms with E-state index < -0.39 is 0 Å². The van der Waals surface area contributed by atoms with Gasteiger partial charge < -0.3 is 24.8 Å². The van der Waals surface area contributed by atoms with Gasteiger partial charge in [0.1, 0.15) is 5.75 Å². The molecule has 4 heterocycles. The Morgan fingerprint density at radius 3 is 1.98 bits per heavy atom. The van der Waals surface area contributed by atoms with Crippen molar-refractivity contribution in [3.8, 4) is 17.2 Å². The molecule has 0 unspecified atom stereocenters. The zero-order valence-electron chi connectivity index (χ0n) is 32.1. The minimum Gasteiger partial charge on any atom is -0.493 e. The van der Waals surface area contributed by atoms with E-state index >= 15 is 0 Å². The van der Waals surface area contributed by atoms with Gasteiger partial charge in [0, 0.05) is 50.0 Å². The molecular weight excluding hydrogens is 693 g/mol. The summed E-state index contributed by atoms with van der Waals surface area (Å²) in [6.45, 7) is 9.32. The van der Waals surface area contributed by atoms with Gasteiger partial charge in [-0.3, -0.25) is 19.6 Å². The summed E-state index contributed by atoms with van der Waals surface area (Å²) < 4.78 is 17.8. The monoisotopic (exact) mass is 740 g/mol. The van der Waals surface area contributed by atoms with E-state index in [1.165, 1.54) is 5.01 Å². The average molecular weight is 741 g/mol. The van der Waals surface area contributed by atoms with Crippen molar-refractivity contribution < 1.29 is 23.8 Å². The van der Waals surface area contributed by atoms with Gasteiger partial charge in [0.15, 0.2) is 11.5 Å². The van der Waals surface area contributed by atoms with Gasteiger partial charge in [-0.05, 0) is 47.9 Å². The van der Waals surface area contributed by atoms with Gasteiger partial charge in [0.05, 0.1) is 60.6 Å². The lowest BCUT2D eigenvalue weighted by Crippen LogP contribution is -2.32. The maximum absolute atomic E-state index is 13.6. The molecule has 8 rings (SSSR count). The molecule has 0 saturated heterocycles. The minimum absolute atomic E-state index is 0.0673. The predicted octanol–water partition coefficient (Wildman–Crippen LogP) is 8.15. The topological polar surface area (TPSA) is 131 Å². The number of aryl methyl sites for hydroxylation is 1. The third kappa shape index (κ3) is 8.37. The number of ether oxygens (including phenoxy) is 3. The molecular formula is C44H48N6O5. The fourth-order valence-electron chi connectivity index (χ4n) is 6.69. The molecule has 284 valence electrons. The second kappa shape index (κ2) is 17.8. The van der Waals surface area contributed by atoms with Crippen molar-refractivity contribution in [3.05, 3.63) is 119 Å². The maximum atomic E-state index is 13.6. The molecule has 0 aromatic heterocycles. The Bertz CT molecular complexity index is 2130. The number of amides is 2. The highest BCUT2D eigenvalue weighted by Gasteiger charge is 2.36. The normalized spacial score (nSPS) is 17.5. The fraction of sp³-hybridized carbons (Fsp3) is 0.295. The number of rotatable bonds is 9. The number of hydrogen-bond donors (Lipinski definition) is 1. The van der Waals surface area contributed by atoms with Crippen LogP contribution >= 0.6 is 0 Å². The average Bonchev–Trinajstić information content (AvgIpc) is 3.80. The zero-order chi connectivity index (χ0) is 38.9. The third-order valence-electron chi connectivity index (χ3n) is 9.33. The molecule has 4 aliphatic rings. The predicted molar refractivity (Wildman–Crippen MR) is 219 cm³/mol. The highest BCUT2D eigenvalue weighted by Crippen LogP contribution is 2.39. The van der Waals surface area contributed by atoms with E-state index in [2.05, 4.69) is 22.2 Å². The molecule has 2 atom stereocenters. The van der Waals surface area contributed by atoms with Crippen LogP contribution in [0.1, 0.15) is 77.4 Å². The third-order valence-corrected chi connectivity index (χ3v) is 9.33. The van der Waals surface area contributed by atoms with Crippen LogP contribution in [0.4, 0.5) is 11.4 Å². The molecule has 0 saturated carbocycles. The number of carbonyl (C=O) groups is 2. The molecule has 4 aromatic rings. The summed E-state index contributed by atoms with van der Waals surface area (Å²) >= 11 is 0. The lowest BCUT2D eigenvalue weighted by Gasteiger charge is -2.19. The minimum atomic E-state index is -0.265. The van der Waals surface area contributed by atoms with Crippen LogP contribution in [-0.4, -0.2) is 78.8 Å². The Labute approximate surface area is 322 Å². The maximum Gasteiger partial charge on any atom is 0.276 e. The van der Waals surface area contributed by atoms with Crippen molar-refractivity contribution in [1.82, 2.24) is 9.91 Å². The summed E-state index contributed by atoms with van der Waals surface area (Å²) in [6.07, 6.45) is 7.47. The fourth-order valence-corrected chi connectivity index (χ4v) is 6.69. The van der Waals surface area contributed by atoms with E-state index in [9.17, 15) is 9.59 Å². The van der Waals surface area contributed by atoms with Gasteiger partial charge in [0.2, 0.25) is 0 Å². The van der Waals surface area contributed by atoms with E-state index in [1.54, 1.807) is 30.4 Å². The molecule has 0 bridgehead atoms. The van der Waals surface area contributed by atoms with Crippen molar-refractivity contribution in [2.45, 2.75) is 59.0 Å². The molecule has 4 aromatic carbocycles. The molecule has 4 aliphatic heterocycles. The lowest BCUT2D eigenvalue weighted by atomic mass is 10.0. The number of nitrogens with two attached hydrogens (primary N) is 1. The molecule has 0 spiro atoms. The Morgan fingerprint density at radius 1 is 0.745 bits per heavy atom. The van der Waals surface area contributed by atoms with Crippen molar-refractivity contribution >= 4 is 46.9 Å². The first-order chi connectivity index (χ1) is 26.9. The number of hydrazone groups is 1. The van der Waals surface area contributed by atoms with Crippen LogP contribution < -0.4 is 19.9 Å². The lowest BCUT2D eigenvalue weighted by molar-refractivity contribution is 0.0755. The van der Waals surface area contributed by atoms with E-state index in [4.69, 9.17) is 24.9 Å². The number of methoxy groups -OCH3 is 1. The van der Waals surface area contributed by atoms with Gasteiger partial charge >= 0.3 is 0 Å². The Kier molecular flexibility index (Phi) is 12.5. The Hall–Kier alpha value is -6.07. The van der Waals surface area contributed by atoms with Gasteiger partial charge in [0.25, 0.3) is 11.8 Å². The molecule has 0 aliphatic carbocycles. The number of nitrogens with zero attached hydrogens (tertiary/aromatic N) is 5. The van der Waals surface area contributed by atoms with Gasteiger partial charge in [-0.1, -0.05) is 81.4 Å². The molecule has 0 radical (unpaired) electrons. The summed E-state index contributed by atoms with van der Waals surface area (Å²) in [5.41, 5.74) is 11.9. The second-order valence-electron chi connectivity index (χ2n) is 13.0. The summed E-state index contributed by atoms with van der Waals surface area (Å²) in [7, 11) is 1.55. The van der Waals surface area contributed by atoms with Crippen LogP contribution in [0.3, 0.4) is 0 Å². The highest BCUT2D eigenvalue weighted by atomic mass is 16.5. The van der Waals surface area contributed by atoms with Crippen LogP contribution in [0, 0.1) is 6.92 Å². The summed E-state index contributed by atoms with van der Waals surface area (Å²) in [5, 5.41) is 6.15. The molecule has 11 heteroatoms. The van der Waals surface area contributed by atoms with Crippen LogP contribution in [-0.2, 0) is 0 Å². The number of aliphatic imine (C=N–C) groups is 2. The van der Waals surface area contributed by atoms with Gasteiger partial charge in [-0.25, -0.2) is 5.01 Å². The van der Waals surface area contributed by atoms with E-state index in [-0.39, 0.29) is 23.9 Å². The van der Waals surface area contributed by atoms with E-state index in [0.29, 0.717) is 65.8 Å². The van der Waals surface area contributed by atoms with Crippen LogP contribution in [0.25, 0.3) is 5.57 Å². The van der Waals surface area contributed by atoms with E-state index in [1.807, 2.05) is 101 Å². The smallest absolute Gasteiger partial charge is 0.276 e. The highest BCUT2D eigenvalue weighted by molar-refractivity contribution is 6.10. The second-order valence-corrected chi connectivity index (χ2v) is 13.0. The first-order valence-corrected chi connectivity index (χ1v) is 18.8. The van der Waals surface area contributed by atoms with Crippen LogP contribution in [0.2, 0.25) is 0 Å². The molecule has 2 amide bonds. The van der Waals surface area contributed by atoms with Crippen molar-refractivity contribution in [2.24, 2.45) is 20.8 Å².